The third kappa shape index (κ3) is 5.28. The highest BCUT2D eigenvalue weighted by molar-refractivity contribution is 5.92. The molecule has 25 heavy (non-hydrogen) atoms. The summed E-state index contributed by atoms with van der Waals surface area (Å²) >= 11 is 0. The van der Waals surface area contributed by atoms with E-state index in [1.165, 1.54) is 5.56 Å². The number of hydrogen-bond donors (Lipinski definition) is 1. The van der Waals surface area contributed by atoms with Gasteiger partial charge in [0.1, 0.15) is 5.69 Å². The molecule has 0 fully saturated rings. The molecule has 5 nitrogen and oxygen atoms in total. The third-order valence-corrected chi connectivity index (χ3v) is 4.10. The van der Waals surface area contributed by atoms with Gasteiger partial charge in [-0.25, -0.2) is 9.97 Å². The molecular weight excluding hydrogens is 312 g/mol. The van der Waals surface area contributed by atoms with E-state index in [0.717, 1.165) is 30.8 Å². The minimum absolute atomic E-state index is 0.0721. The normalized spacial score (nSPS) is 10.8. The van der Waals surface area contributed by atoms with Gasteiger partial charge in [-0.1, -0.05) is 39.3 Å². The Bertz CT molecular complexity index is 710. The first-order chi connectivity index (χ1) is 11.9. The first-order valence-corrected chi connectivity index (χ1v) is 8.88. The molecule has 1 aromatic carbocycles. The number of rotatable bonds is 7. The lowest BCUT2D eigenvalue weighted by atomic mass is 10.0. The predicted molar refractivity (Wildman–Crippen MR) is 102 cm³/mol. The molecule has 0 aliphatic heterocycles. The van der Waals surface area contributed by atoms with Crippen LogP contribution < -0.4 is 5.32 Å². The fourth-order valence-corrected chi connectivity index (χ4v) is 2.51. The van der Waals surface area contributed by atoms with Gasteiger partial charge in [-0.15, -0.1) is 0 Å². The number of unbranched alkanes of at least 4 members (excludes halogenated alkanes) is 1. The highest BCUT2D eigenvalue weighted by Crippen LogP contribution is 2.19. The standard InChI is InChI=1S/C20H28N4O/c1-6-7-12-24(5)19(25)18-13-15(4)21-20(23-18)22-17-10-8-16(9-11-17)14(2)3/h8-11,13-14H,6-7,12H2,1-5H3,(H,21,22,23). The van der Waals surface area contributed by atoms with Gasteiger partial charge in [-0.2, -0.15) is 0 Å². The Labute approximate surface area is 150 Å². The molecule has 1 N–H and O–H groups in total. The van der Waals surface area contributed by atoms with Gasteiger partial charge in [0.25, 0.3) is 5.91 Å². The molecule has 1 amide bonds. The zero-order chi connectivity index (χ0) is 18.4. The molecule has 0 aliphatic carbocycles. The number of hydrogen-bond acceptors (Lipinski definition) is 4. The van der Waals surface area contributed by atoms with E-state index in [1.54, 1.807) is 11.0 Å². The Morgan fingerprint density at radius 3 is 2.48 bits per heavy atom. The van der Waals surface area contributed by atoms with Crippen LogP contribution in [0.3, 0.4) is 0 Å². The largest absolute Gasteiger partial charge is 0.340 e. The number of benzene rings is 1. The van der Waals surface area contributed by atoms with Crippen LogP contribution in [0.2, 0.25) is 0 Å². The van der Waals surface area contributed by atoms with Crippen LogP contribution in [0.1, 0.15) is 61.3 Å². The monoisotopic (exact) mass is 340 g/mol. The van der Waals surface area contributed by atoms with Crippen molar-refractivity contribution in [3.63, 3.8) is 0 Å². The number of anilines is 2. The number of aromatic nitrogens is 2. The van der Waals surface area contributed by atoms with E-state index in [1.807, 2.05) is 26.1 Å². The van der Waals surface area contributed by atoms with Crippen molar-refractivity contribution >= 4 is 17.5 Å². The lowest BCUT2D eigenvalue weighted by molar-refractivity contribution is 0.0787. The quantitative estimate of drug-likeness (QED) is 0.805. The third-order valence-electron chi connectivity index (χ3n) is 4.10. The van der Waals surface area contributed by atoms with Crippen LogP contribution in [0, 0.1) is 6.92 Å². The molecule has 2 aromatic rings. The molecule has 0 atom stereocenters. The second-order valence-corrected chi connectivity index (χ2v) is 6.70. The van der Waals surface area contributed by atoms with Crippen molar-refractivity contribution in [2.75, 3.05) is 18.9 Å². The summed E-state index contributed by atoms with van der Waals surface area (Å²) in [7, 11) is 1.81. The maximum Gasteiger partial charge on any atom is 0.272 e. The van der Waals surface area contributed by atoms with Crippen molar-refractivity contribution < 1.29 is 4.79 Å². The summed E-state index contributed by atoms with van der Waals surface area (Å²) in [5.41, 5.74) is 3.38. The minimum atomic E-state index is -0.0721. The fourth-order valence-electron chi connectivity index (χ4n) is 2.51. The molecule has 0 aliphatic rings. The van der Waals surface area contributed by atoms with Crippen LogP contribution in [0.5, 0.6) is 0 Å². The summed E-state index contributed by atoms with van der Waals surface area (Å²) in [5.74, 6) is 0.869. The number of carbonyl (C=O) groups is 1. The van der Waals surface area contributed by atoms with E-state index in [9.17, 15) is 4.79 Å². The fraction of sp³-hybridized carbons (Fsp3) is 0.450. The van der Waals surface area contributed by atoms with Crippen LogP contribution in [0.4, 0.5) is 11.6 Å². The van der Waals surface area contributed by atoms with Crippen LogP contribution in [0.15, 0.2) is 30.3 Å². The smallest absolute Gasteiger partial charge is 0.272 e. The summed E-state index contributed by atoms with van der Waals surface area (Å²) in [6, 6.07) is 9.93. The van der Waals surface area contributed by atoms with Crippen molar-refractivity contribution in [1.82, 2.24) is 14.9 Å². The Hall–Kier alpha value is -2.43. The number of carbonyl (C=O) groups excluding carboxylic acids is 1. The number of aryl methyl sites for hydroxylation is 1. The lowest BCUT2D eigenvalue weighted by Crippen LogP contribution is -2.28. The van der Waals surface area contributed by atoms with E-state index >= 15 is 0 Å². The zero-order valence-corrected chi connectivity index (χ0v) is 15.8. The lowest BCUT2D eigenvalue weighted by Gasteiger charge is -2.17. The van der Waals surface area contributed by atoms with Crippen LogP contribution in [-0.2, 0) is 0 Å². The topological polar surface area (TPSA) is 58.1 Å². The van der Waals surface area contributed by atoms with Gasteiger partial charge in [0.05, 0.1) is 0 Å². The Kier molecular flexibility index (Phi) is 6.51. The summed E-state index contributed by atoms with van der Waals surface area (Å²) in [4.78, 5) is 23.0. The molecular formula is C20H28N4O. The highest BCUT2D eigenvalue weighted by atomic mass is 16.2. The maximum atomic E-state index is 12.5. The molecule has 1 aromatic heterocycles. The van der Waals surface area contributed by atoms with Crippen molar-refractivity contribution in [3.05, 3.63) is 47.3 Å². The molecule has 0 unspecified atom stereocenters. The van der Waals surface area contributed by atoms with Crippen LogP contribution >= 0.6 is 0 Å². The van der Waals surface area contributed by atoms with Crippen molar-refractivity contribution in [2.45, 2.75) is 46.5 Å². The van der Waals surface area contributed by atoms with E-state index in [4.69, 9.17) is 0 Å². The highest BCUT2D eigenvalue weighted by Gasteiger charge is 2.15. The molecule has 0 bridgehead atoms. The molecule has 0 radical (unpaired) electrons. The summed E-state index contributed by atoms with van der Waals surface area (Å²) < 4.78 is 0. The molecule has 134 valence electrons. The minimum Gasteiger partial charge on any atom is -0.340 e. The molecule has 2 rings (SSSR count). The second-order valence-electron chi connectivity index (χ2n) is 6.70. The van der Waals surface area contributed by atoms with Gasteiger partial charge in [-0.05, 0) is 43.0 Å². The van der Waals surface area contributed by atoms with E-state index in [-0.39, 0.29) is 5.91 Å². The van der Waals surface area contributed by atoms with Gasteiger partial charge in [0.2, 0.25) is 5.95 Å². The van der Waals surface area contributed by atoms with Gasteiger partial charge in [0, 0.05) is 25.0 Å². The van der Waals surface area contributed by atoms with E-state index < -0.39 is 0 Å². The zero-order valence-electron chi connectivity index (χ0n) is 15.8. The second kappa shape index (κ2) is 8.60. The summed E-state index contributed by atoms with van der Waals surface area (Å²) in [6.45, 7) is 9.05. The Morgan fingerprint density at radius 2 is 1.88 bits per heavy atom. The summed E-state index contributed by atoms with van der Waals surface area (Å²) in [6.07, 6.45) is 2.04. The SMILES string of the molecule is CCCCN(C)C(=O)c1cc(C)nc(Nc2ccc(C(C)C)cc2)n1. The van der Waals surface area contributed by atoms with Crippen LogP contribution in [-0.4, -0.2) is 34.4 Å². The number of nitrogens with zero attached hydrogens (tertiary/aromatic N) is 3. The molecule has 1 heterocycles. The first-order valence-electron chi connectivity index (χ1n) is 8.88. The van der Waals surface area contributed by atoms with Gasteiger partial charge in [-0.3, -0.25) is 4.79 Å². The average Bonchev–Trinajstić information content (AvgIpc) is 2.59. The predicted octanol–water partition coefficient (Wildman–Crippen LogP) is 4.52. The van der Waals surface area contributed by atoms with Crippen LogP contribution in [0.25, 0.3) is 0 Å². The van der Waals surface area contributed by atoms with Crippen molar-refractivity contribution in [1.29, 1.82) is 0 Å². The van der Waals surface area contributed by atoms with Gasteiger partial charge in [0.15, 0.2) is 0 Å². The van der Waals surface area contributed by atoms with Gasteiger partial charge >= 0.3 is 0 Å². The maximum absolute atomic E-state index is 12.5. The van der Waals surface area contributed by atoms with E-state index in [0.29, 0.717) is 17.6 Å². The number of amides is 1. The molecule has 0 saturated heterocycles. The first kappa shape index (κ1) is 18.9. The Morgan fingerprint density at radius 1 is 1.20 bits per heavy atom. The molecule has 5 heteroatoms. The van der Waals surface area contributed by atoms with E-state index in [2.05, 4.69) is 48.2 Å². The van der Waals surface area contributed by atoms with Crippen molar-refractivity contribution in [2.24, 2.45) is 0 Å². The Balaban J connectivity index is 2.16. The number of nitrogens with one attached hydrogen (secondary N) is 1. The molecule has 0 spiro atoms. The summed E-state index contributed by atoms with van der Waals surface area (Å²) in [5, 5.41) is 3.20. The van der Waals surface area contributed by atoms with Crippen molar-refractivity contribution in [3.8, 4) is 0 Å². The van der Waals surface area contributed by atoms with Gasteiger partial charge < -0.3 is 10.2 Å². The molecule has 0 saturated carbocycles. The average molecular weight is 340 g/mol.